The van der Waals surface area contributed by atoms with Gasteiger partial charge in [0.25, 0.3) is 5.69 Å². The number of hydrogen-bond donors (Lipinski definition) is 2. The van der Waals surface area contributed by atoms with E-state index < -0.39 is 4.92 Å². The van der Waals surface area contributed by atoms with Crippen molar-refractivity contribution in [3.63, 3.8) is 0 Å². The summed E-state index contributed by atoms with van der Waals surface area (Å²) >= 11 is 0. The van der Waals surface area contributed by atoms with Crippen molar-refractivity contribution in [1.82, 2.24) is 10.6 Å². The van der Waals surface area contributed by atoms with Crippen molar-refractivity contribution >= 4 is 11.7 Å². The lowest BCUT2D eigenvalue weighted by molar-refractivity contribution is -0.385. The Labute approximate surface area is 140 Å². The van der Waals surface area contributed by atoms with Crippen molar-refractivity contribution < 1.29 is 14.5 Å². The van der Waals surface area contributed by atoms with E-state index in [1.807, 2.05) is 0 Å². The Bertz CT molecular complexity index is 614. The van der Waals surface area contributed by atoms with E-state index in [-0.39, 0.29) is 29.9 Å². The van der Waals surface area contributed by atoms with E-state index in [4.69, 9.17) is 4.74 Å². The average molecular weight is 333 g/mol. The minimum atomic E-state index is -0.433. The van der Waals surface area contributed by atoms with Crippen LogP contribution in [-0.4, -0.2) is 29.2 Å². The number of carbonyl (C=O) groups is 1. The minimum Gasteiger partial charge on any atom is -0.375 e. The van der Waals surface area contributed by atoms with Crippen LogP contribution < -0.4 is 10.6 Å². The molecule has 0 unspecified atom stereocenters. The first-order valence-corrected chi connectivity index (χ1v) is 8.49. The van der Waals surface area contributed by atoms with Crippen molar-refractivity contribution in [3.05, 3.63) is 39.9 Å². The number of amides is 2. The smallest absolute Gasteiger partial charge is 0.315 e. The molecule has 1 heterocycles. The molecule has 1 aromatic rings. The molecule has 0 bridgehead atoms. The summed E-state index contributed by atoms with van der Waals surface area (Å²) in [4.78, 5) is 22.7. The molecule has 3 rings (SSSR count). The first-order chi connectivity index (χ1) is 11.6. The number of rotatable bonds is 4. The molecule has 1 atom stereocenters. The number of nitrogens with one attached hydrogen (secondary N) is 2. The summed E-state index contributed by atoms with van der Waals surface area (Å²) in [6.45, 7) is 0.812. The Kier molecular flexibility index (Phi) is 4.99. The number of para-hydroxylation sites is 1. The average Bonchev–Trinajstić information content (AvgIpc) is 3.00. The Morgan fingerprint density at radius 2 is 2.08 bits per heavy atom. The second-order valence-corrected chi connectivity index (χ2v) is 6.64. The molecule has 24 heavy (non-hydrogen) atoms. The molecule has 1 saturated heterocycles. The molecule has 2 aliphatic rings. The Hall–Kier alpha value is -2.15. The number of carbonyl (C=O) groups excluding carboxylic acids is 1. The van der Waals surface area contributed by atoms with Gasteiger partial charge in [-0.2, -0.15) is 0 Å². The Morgan fingerprint density at radius 3 is 2.83 bits per heavy atom. The van der Waals surface area contributed by atoms with Crippen LogP contribution >= 0.6 is 0 Å². The topological polar surface area (TPSA) is 93.5 Å². The predicted octanol–water partition coefficient (Wildman–Crippen LogP) is 2.89. The van der Waals surface area contributed by atoms with Gasteiger partial charge in [0.05, 0.1) is 17.1 Å². The van der Waals surface area contributed by atoms with Gasteiger partial charge >= 0.3 is 6.03 Å². The van der Waals surface area contributed by atoms with Crippen LogP contribution in [0, 0.1) is 10.1 Å². The van der Waals surface area contributed by atoms with Crippen LogP contribution in [0.1, 0.15) is 44.1 Å². The molecule has 2 amide bonds. The van der Waals surface area contributed by atoms with Crippen LogP contribution in [0.2, 0.25) is 0 Å². The van der Waals surface area contributed by atoms with Crippen molar-refractivity contribution in [2.45, 2.75) is 56.7 Å². The number of benzene rings is 1. The summed E-state index contributed by atoms with van der Waals surface area (Å²) in [5.41, 5.74) is 0.472. The molecule has 1 aliphatic carbocycles. The Balaban J connectivity index is 1.52. The van der Waals surface area contributed by atoms with Crippen LogP contribution in [0.25, 0.3) is 0 Å². The van der Waals surface area contributed by atoms with Gasteiger partial charge in [-0.1, -0.05) is 31.0 Å². The van der Waals surface area contributed by atoms with Gasteiger partial charge < -0.3 is 15.4 Å². The lowest BCUT2D eigenvalue weighted by Crippen LogP contribution is -2.49. The lowest BCUT2D eigenvalue weighted by Gasteiger charge is -2.38. The fraction of sp³-hybridized carbons (Fsp3) is 0.588. The van der Waals surface area contributed by atoms with Crippen LogP contribution in [0.4, 0.5) is 10.5 Å². The second kappa shape index (κ2) is 7.17. The third-order valence-corrected chi connectivity index (χ3v) is 4.97. The number of nitrogens with zero attached hydrogens (tertiary/aromatic N) is 1. The quantitative estimate of drug-likeness (QED) is 0.654. The number of urea groups is 1. The van der Waals surface area contributed by atoms with Gasteiger partial charge in [-0.3, -0.25) is 10.1 Å². The number of ether oxygens (including phenoxy) is 1. The zero-order chi connectivity index (χ0) is 17.0. The molecule has 7 nitrogen and oxygen atoms in total. The van der Waals surface area contributed by atoms with Crippen LogP contribution in [0.3, 0.4) is 0 Å². The monoisotopic (exact) mass is 333 g/mol. The molecular formula is C17H23N3O4. The van der Waals surface area contributed by atoms with Crippen LogP contribution in [0.5, 0.6) is 0 Å². The van der Waals surface area contributed by atoms with Gasteiger partial charge in [-0.25, -0.2) is 4.79 Å². The summed E-state index contributed by atoms with van der Waals surface area (Å²) in [5, 5.41) is 16.7. The fourth-order valence-corrected chi connectivity index (χ4v) is 3.77. The van der Waals surface area contributed by atoms with Crippen molar-refractivity contribution in [2.24, 2.45) is 0 Å². The van der Waals surface area contributed by atoms with Gasteiger partial charge in [0.1, 0.15) is 0 Å². The van der Waals surface area contributed by atoms with Gasteiger partial charge in [0.2, 0.25) is 0 Å². The van der Waals surface area contributed by atoms with E-state index in [1.165, 1.54) is 18.9 Å². The van der Waals surface area contributed by atoms with Crippen LogP contribution in [0.15, 0.2) is 24.3 Å². The first kappa shape index (κ1) is 16.7. The second-order valence-electron chi connectivity index (χ2n) is 6.64. The zero-order valence-corrected chi connectivity index (χ0v) is 13.6. The number of hydrogen-bond acceptors (Lipinski definition) is 4. The maximum atomic E-state index is 12.1. The van der Waals surface area contributed by atoms with Gasteiger partial charge in [-0.15, -0.1) is 0 Å². The van der Waals surface area contributed by atoms with E-state index >= 15 is 0 Å². The van der Waals surface area contributed by atoms with E-state index in [9.17, 15) is 14.9 Å². The zero-order valence-electron chi connectivity index (χ0n) is 13.6. The third kappa shape index (κ3) is 3.84. The molecule has 0 radical (unpaired) electrons. The molecule has 1 spiro atoms. The Morgan fingerprint density at radius 1 is 1.33 bits per heavy atom. The van der Waals surface area contributed by atoms with Crippen LogP contribution in [-0.2, 0) is 11.3 Å². The summed E-state index contributed by atoms with van der Waals surface area (Å²) < 4.78 is 5.96. The third-order valence-electron chi connectivity index (χ3n) is 4.97. The highest BCUT2D eigenvalue weighted by Crippen LogP contribution is 2.39. The highest BCUT2D eigenvalue weighted by Gasteiger charge is 2.40. The largest absolute Gasteiger partial charge is 0.375 e. The highest BCUT2D eigenvalue weighted by molar-refractivity contribution is 5.74. The molecule has 1 saturated carbocycles. The van der Waals surface area contributed by atoms with E-state index in [0.717, 1.165) is 25.7 Å². The van der Waals surface area contributed by atoms with E-state index in [1.54, 1.807) is 18.2 Å². The molecule has 2 fully saturated rings. The molecular weight excluding hydrogens is 310 g/mol. The number of nitro groups is 1. The molecule has 130 valence electrons. The van der Waals surface area contributed by atoms with Gasteiger partial charge in [-0.05, 0) is 25.7 Å². The SMILES string of the molecule is O=C(NCc1ccccc1[N+](=O)[O-])N[C@H]1CCOC2(CCCC2)C1. The summed E-state index contributed by atoms with van der Waals surface area (Å²) in [7, 11) is 0. The number of nitro benzene ring substituents is 1. The van der Waals surface area contributed by atoms with E-state index in [2.05, 4.69) is 10.6 Å². The normalized spacial score (nSPS) is 22.2. The molecule has 2 N–H and O–H groups in total. The lowest BCUT2D eigenvalue weighted by atomic mass is 9.89. The highest BCUT2D eigenvalue weighted by atomic mass is 16.6. The van der Waals surface area contributed by atoms with E-state index in [0.29, 0.717) is 12.2 Å². The molecule has 7 heteroatoms. The van der Waals surface area contributed by atoms with Crippen molar-refractivity contribution in [1.29, 1.82) is 0 Å². The molecule has 1 aliphatic heterocycles. The van der Waals surface area contributed by atoms with Crippen molar-refractivity contribution in [3.8, 4) is 0 Å². The predicted molar refractivity (Wildman–Crippen MR) is 88.6 cm³/mol. The summed E-state index contributed by atoms with van der Waals surface area (Å²) in [5.74, 6) is 0. The van der Waals surface area contributed by atoms with Crippen molar-refractivity contribution in [2.75, 3.05) is 6.61 Å². The first-order valence-electron chi connectivity index (χ1n) is 8.49. The summed E-state index contributed by atoms with van der Waals surface area (Å²) in [6, 6.07) is 6.25. The minimum absolute atomic E-state index is 0.0220. The maximum Gasteiger partial charge on any atom is 0.315 e. The van der Waals surface area contributed by atoms with Gasteiger partial charge in [0, 0.05) is 24.3 Å². The van der Waals surface area contributed by atoms with Gasteiger partial charge in [0.15, 0.2) is 0 Å². The summed E-state index contributed by atoms with van der Waals surface area (Å²) in [6.07, 6.45) is 6.19. The fourth-order valence-electron chi connectivity index (χ4n) is 3.77. The standard InChI is InChI=1S/C17H23N3O4/c21-16(18-12-13-5-1-2-6-15(13)20(22)23)19-14-7-10-24-17(11-14)8-3-4-9-17/h1-2,5-6,14H,3-4,7-12H2,(H2,18,19,21)/t14-/m0/s1. The molecule has 0 aromatic heterocycles. The maximum absolute atomic E-state index is 12.1. The molecule has 1 aromatic carbocycles.